The standard InChI is InChI=1S/C44H56FN9O5S/c1-26-29-7-6-13-54(38(29)53-52-37(26)51-40-49-33-9-5-8-32(45)36(33)60-40)34-11-10-30(35(50-34)39(57)58)31(15-46)27(2)48-25-43-20-41(3)19-42(4,21-43)23-44(22-41,24-43)59-14-12-47-16-28(17-55)18-56/h5,8-11,15,28,46-48,55-56H,6-7,12-14,16-25H2,1-4H3,(H,57,58)(H,49,51,52)/b31-27+,46-15?. The summed E-state index contributed by atoms with van der Waals surface area (Å²) in [6, 6.07) is 8.33. The zero-order chi connectivity index (χ0) is 42.5. The molecule has 0 spiro atoms. The molecule has 1 aliphatic heterocycles. The Kier molecular flexibility index (Phi) is 11.5. The zero-order valence-corrected chi connectivity index (χ0v) is 35.6. The van der Waals surface area contributed by atoms with Crippen molar-refractivity contribution < 1.29 is 29.2 Å². The van der Waals surface area contributed by atoms with E-state index in [0.717, 1.165) is 68.2 Å². The van der Waals surface area contributed by atoms with Gasteiger partial charge in [0.15, 0.2) is 22.5 Å². The van der Waals surface area contributed by atoms with Crippen molar-refractivity contribution in [3.63, 3.8) is 0 Å². The number of aromatic carboxylic acids is 1. The Balaban J connectivity index is 1.00. The van der Waals surface area contributed by atoms with E-state index >= 15 is 0 Å². The molecule has 60 heavy (non-hydrogen) atoms. The minimum atomic E-state index is -1.19. The van der Waals surface area contributed by atoms with Crippen LogP contribution < -0.4 is 20.9 Å². The number of thiazole rings is 1. The lowest BCUT2D eigenvalue weighted by molar-refractivity contribution is -0.242. The summed E-state index contributed by atoms with van der Waals surface area (Å²) in [5, 5.41) is 57.6. The maximum absolute atomic E-state index is 14.4. The number of aliphatic hydroxyl groups excluding tert-OH is 2. The molecular formula is C44H56FN9O5S. The Morgan fingerprint density at radius 2 is 1.83 bits per heavy atom. The number of halogens is 1. The number of carboxylic acids is 1. The van der Waals surface area contributed by atoms with E-state index in [1.807, 2.05) is 18.7 Å². The minimum absolute atomic E-state index is 0.0286. The van der Waals surface area contributed by atoms with Gasteiger partial charge in [0, 0.05) is 79.5 Å². The summed E-state index contributed by atoms with van der Waals surface area (Å²) < 4.78 is 21.6. The Hall–Kier alpha value is -4.61. The molecule has 16 heteroatoms. The Bertz CT molecular complexity index is 2310. The van der Waals surface area contributed by atoms with Crippen LogP contribution in [0.5, 0.6) is 0 Å². The van der Waals surface area contributed by atoms with Gasteiger partial charge in [0.05, 0.1) is 22.4 Å². The molecule has 4 bridgehead atoms. The highest BCUT2D eigenvalue weighted by Crippen LogP contribution is 2.71. The van der Waals surface area contributed by atoms with E-state index < -0.39 is 5.97 Å². The first-order valence-corrected chi connectivity index (χ1v) is 21.7. The predicted octanol–water partition coefficient (Wildman–Crippen LogP) is 6.75. The molecule has 14 nitrogen and oxygen atoms in total. The van der Waals surface area contributed by atoms with Crippen LogP contribution in [0.4, 0.5) is 27.0 Å². The van der Waals surface area contributed by atoms with Crippen LogP contribution in [0, 0.1) is 40.3 Å². The monoisotopic (exact) mass is 841 g/mol. The van der Waals surface area contributed by atoms with Crippen molar-refractivity contribution >= 4 is 61.9 Å². The summed E-state index contributed by atoms with van der Waals surface area (Å²) in [5.41, 5.74) is 3.81. The molecule has 0 saturated heterocycles. The van der Waals surface area contributed by atoms with Crippen molar-refractivity contribution in [3.8, 4) is 0 Å². The number of aromatic nitrogens is 4. The van der Waals surface area contributed by atoms with E-state index in [4.69, 9.17) is 10.1 Å². The van der Waals surface area contributed by atoms with Gasteiger partial charge in [-0.1, -0.05) is 31.3 Å². The molecular weight excluding hydrogens is 786 g/mol. The number of hydrogen-bond donors (Lipinski definition) is 7. The second-order valence-electron chi connectivity index (χ2n) is 18.5. The average molecular weight is 842 g/mol. The number of aliphatic hydroxyl groups is 2. The predicted molar refractivity (Wildman–Crippen MR) is 231 cm³/mol. The number of carbonyl (C=O) groups is 1. The van der Waals surface area contributed by atoms with Gasteiger partial charge in [-0.15, -0.1) is 10.2 Å². The molecule has 7 N–H and O–H groups in total. The van der Waals surface area contributed by atoms with E-state index in [0.29, 0.717) is 76.7 Å². The van der Waals surface area contributed by atoms with Crippen molar-refractivity contribution in [1.82, 2.24) is 30.8 Å². The quantitative estimate of drug-likeness (QED) is 0.0435. The summed E-state index contributed by atoms with van der Waals surface area (Å²) in [6.45, 7) is 11.5. The van der Waals surface area contributed by atoms with Crippen LogP contribution in [0.2, 0.25) is 0 Å². The number of rotatable bonds is 17. The summed E-state index contributed by atoms with van der Waals surface area (Å²) in [4.78, 5) is 24.0. The number of nitrogens with zero attached hydrogens (tertiary/aromatic N) is 5. The van der Waals surface area contributed by atoms with E-state index in [2.05, 4.69) is 50.0 Å². The first kappa shape index (κ1) is 42.1. The second-order valence-corrected chi connectivity index (χ2v) is 19.5. The lowest BCUT2D eigenvalue weighted by Crippen LogP contribution is -2.65. The summed E-state index contributed by atoms with van der Waals surface area (Å²) >= 11 is 1.21. The number of pyridine rings is 1. The van der Waals surface area contributed by atoms with Crippen LogP contribution in [0.25, 0.3) is 15.8 Å². The van der Waals surface area contributed by atoms with Gasteiger partial charge in [0.25, 0.3) is 0 Å². The van der Waals surface area contributed by atoms with Crippen LogP contribution in [0.3, 0.4) is 0 Å². The fraction of sp³-hybridized carbons (Fsp3) is 0.545. The number of ether oxygens (including phenoxy) is 1. The van der Waals surface area contributed by atoms with E-state index in [1.54, 1.807) is 24.3 Å². The maximum Gasteiger partial charge on any atom is 0.355 e. The van der Waals surface area contributed by atoms with Crippen molar-refractivity contribution in [2.75, 3.05) is 56.2 Å². The first-order chi connectivity index (χ1) is 28.7. The first-order valence-electron chi connectivity index (χ1n) is 20.9. The molecule has 1 aromatic carbocycles. The number of carboxylic acid groups (broad SMARTS) is 1. The molecule has 4 heterocycles. The number of hydrogen-bond acceptors (Lipinski definition) is 14. The van der Waals surface area contributed by atoms with Gasteiger partial charge < -0.3 is 46.3 Å². The third kappa shape index (κ3) is 8.11. The molecule has 0 radical (unpaired) electrons. The van der Waals surface area contributed by atoms with Crippen LogP contribution in [-0.4, -0.2) is 99.3 Å². The molecule has 4 fully saturated rings. The SMILES string of the molecule is C/C(NCC12CC3(C)CC(C)(C1)CC(OCCNCC(CO)CO)(C3)C2)=C(/C=N)c1ccc(N2CCCc3c2nnc(Nc2nc4cccc(F)c4s2)c3C)nc1C(=O)O. The molecule has 320 valence electrons. The van der Waals surface area contributed by atoms with Gasteiger partial charge in [-0.05, 0) is 106 Å². The number of fused-ring (bicyclic) bond motifs is 2. The molecule has 4 aromatic rings. The topological polar surface area (TPSA) is 202 Å². The van der Waals surface area contributed by atoms with Crippen molar-refractivity contribution in [2.45, 2.75) is 84.7 Å². The van der Waals surface area contributed by atoms with Gasteiger partial charge in [0.2, 0.25) is 0 Å². The number of anilines is 4. The normalized spacial score (nSPS) is 26.0. The second kappa shape index (κ2) is 16.3. The lowest BCUT2D eigenvalue weighted by Gasteiger charge is -2.69. The molecule has 4 saturated carbocycles. The fourth-order valence-corrected chi connectivity index (χ4v) is 12.6. The fourth-order valence-electron chi connectivity index (χ4n) is 11.8. The summed E-state index contributed by atoms with van der Waals surface area (Å²) in [7, 11) is 0. The Morgan fingerprint density at radius 1 is 1.07 bits per heavy atom. The number of nitrogens with one attached hydrogen (secondary N) is 4. The Labute approximate surface area is 353 Å². The number of allylic oxidation sites excluding steroid dienone is 2. The highest BCUT2D eigenvalue weighted by atomic mass is 32.1. The summed E-state index contributed by atoms with van der Waals surface area (Å²) in [6.07, 6.45) is 9.01. The van der Waals surface area contributed by atoms with Crippen LogP contribution >= 0.6 is 11.3 Å². The van der Waals surface area contributed by atoms with Crippen molar-refractivity contribution in [2.24, 2.45) is 22.2 Å². The zero-order valence-electron chi connectivity index (χ0n) is 34.8. The van der Waals surface area contributed by atoms with Crippen molar-refractivity contribution in [3.05, 3.63) is 64.2 Å². The van der Waals surface area contributed by atoms with Gasteiger partial charge in [-0.3, -0.25) is 0 Å². The highest BCUT2D eigenvalue weighted by Gasteiger charge is 2.66. The minimum Gasteiger partial charge on any atom is -0.476 e. The number of benzene rings is 1. The maximum atomic E-state index is 14.4. The third-order valence-corrected chi connectivity index (χ3v) is 14.2. The van der Waals surface area contributed by atoms with Gasteiger partial charge >= 0.3 is 5.97 Å². The Morgan fingerprint density at radius 3 is 2.53 bits per heavy atom. The van der Waals surface area contributed by atoms with Crippen molar-refractivity contribution in [1.29, 1.82) is 5.41 Å². The third-order valence-electron chi connectivity index (χ3n) is 13.2. The average Bonchev–Trinajstić information content (AvgIpc) is 3.62. The molecule has 2 atom stereocenters. The molecule has 5 aliphatic rings. The van der Waals surface area contributed by atoms with Crippen LogP contribution in [-0.2, 0) is 11.2 Å². The highest BCUT2D eigenvalue weighted by molar-refractivity contribution is 7.22. The smallest absolute Gasteiger partial charge is 0.355 e. The van der Waals surface area contributed by atoms with Crippen LogP contribution in [0.15, 0.2) is 36.0 Å². The van der Waals surface area contributed by atoms with Gasteiger partial charge in [-0.2, -0.15) is 0 Å². The van der Waals surface area contributed by atoms with Gasteiger partial charge in [0.1, 0.15) is 11.6 Å². The largest absolute Gasteiger partial charge is 0.476 e. The summed E-state index contributed by atoms with van der Waals surface area (Å²) in [5.74, 6) is -0.147. The van der Waals surface area contributed by atoms with E-state index in [9.17, 15) is 24.5 Å². The lowest BCUT2D eigenvalue weighted by atomic mass is 9.39. The van der Waals surface area contributed by atoms with E-state index in [1.165, 1.54) is 23.6 Å². The molecule has 3 aromatic heterocycles. The molecule has 4 aliphatic carbocycles. The van der Waals surface area contributed by atoms with Gasteiger partial charge in [-0.25, -0.2) is 19.2 Å². The van der Waals surface area contributed by atoms with Crippen LogP contribution in [0.1, 0.15) is 92.9 Å². The molecule has 0 amide bonds. The molecule has 2 unspecified atom stereocenters. The van der Waals surface area contributed by atoms with E-state index in [-0.39, 0.29) is 52.5 Å². The molecule has 9 rings (SSSR count).